The molecular weight excluding hydrogens is 328 g/mol. The molecular formula is C17H20N2O4S. The number of nitrogens with one attached hydrogen (secondary N) is 1. The standard InChI is InChI=1S/C17H20N2O4S/c1-13-4-6-16(7-5-13)24(21,22)19-9-8-14(12-19)17(20)18-11-15-3-2-10-23-15/h4-9,12,15H,2-3,10-11H2,1H3,(H,18,20)/t15-/m0/s1. The quantitative estimate of drug-likeness (QED) is 0.896. The number of aryl methyl sites for hydroxylation is 1. The number of hydrogen-bond acceptors (Lipinski definition) is 4. The van der Waals surface area contributed by atoms with E-state index < -0.39 is 10.0 Å². The summed E-state index contributed by atoms with van der Waals surface area (Å²) >= 11 is 0. The number of carbonyl (C=O) groups is 1. The Labute approximate surface area is 141 Å². The lowest BCUT2D eigenvalue weighted by molar-refractivity contribution is 0.0858. The zero-order valence-electron chi connectivity index (χ0n) is 13.4. The number of ether oxygens (including phenoxy) is 1. The second-order valence-electron chi connectivity index (χ2n) is 5.89. The predicted molar refractivity (Wildman–Crippen MR) is 89.5 cm³/mol. The second-order valence-corrected chi connectivity index (χ2v) is 7.74. The van der Waals surface area contributed by atoms with Crippen molar-refractivity contribution in [3.05, 3.63) is 53.9 Å². The van der Waals surface area contributed by atoms with E-state index in [0.717, 1.165) is 29.0 Å². The number of amides is 1. The summed E-state index contributed by atoms with van der Waals surface area (Å²) in [6.07, 6.45) is 4.71. The number of nitrogens with zero attached hydrogens (tertiary/aromatic N) is 1. The van der Waals surface area contributed by atoms with Crippen LogP contribution in [-0.4, -0.2) is 37.6 Å². The highest BCUT2D eigenvalue weighted by molar-refractivity contribution is 7.90. The third-order valence-electron chi connectivity index (χ3n) is 4.04. The van der Waals surface area contributed by atoms with E-state index in [-0.39, 0.29) is 16.9 Å². The summed E-state index contributed by atoms with van der Waals surface area (Å²) in [6, 6.07) is 8.09. The first kappa shape index (κ1) is 16.7. The van der Waals surface area contributed by atoms with Gasteiger partial charge in [0, 0.05) is 25.5 Å². The molecule has 0 unspecified atom stereocenters. The van der Waals surface area contributed by atoms with Gasteiger partial charge in [-0.05, 0) is 38.0 Å². The summed E-state index contributed by atoms with van der Waals surface area (Å²) in [5.41, 5.74) is 1.29. The zero-order chi connectivity index (χ0) is 17.2. The first-order chi connectivity index (χ1) is 11.5. The molecule has 24 heavy (non-hydrogen) atoms. The maximum absolute atomic E-state index is 12.6. The minimum Gasteiger partial charge on any atom is -0.376 e. The Balaban J connectivity index is 1.72. The van der Waals surface area contributed by atoms with Gasteiger partial charge in [-0.1, -0.05) is 17.7 Å². The van der Waals surface area contributed by atoms with Gasteiger partial charge in [0.1, 0.15) is 0 Å². The number of carbonyl (C=O) groups excluding carboxylic acids is 1. The average molecular weight is 348 g/mol. The van der Waals surface area contributed by atoms with Crippen molar-refractivity contribution < 1.29 is 17.9 Å². The van der Waals surface area contributed by atoms with E-state index >= 15 is 0 Å². The van der Waals surface area contributed by atoms with Crippen molar-refractivity contribution in [2.24, 2.45) is 0 Å². The lowest BCUT2D eigenvalue weighted by Crippen LogP contribution is -2.31. The molecule has 7 heteroatoms. The van der Waals surface area contributed by atoms with Crippen LogP contribution in [0.15, 0.2) is 47.6 Å². The largest absolute Gasteiger partial charge is 0.376 e. The average Bonchev–Trinajstić information content (AvgIpc) is 3.25. The fourth-order valence-corrected chi connectivity index (χ4v) is 3.80. The first-order valence-electron chi connectivity index (χ1n) is 7.87. The minimum absolute atomic E-state index is 0.0485. The van der Waals surface area contributed by atoms with Gasteiger partial charge in [0.25, 0.3) is 15.9 Å². The highest BCUT2D eigenvalue weighted by Crippen LogP contribution is 2.16. The maximum Gasteiger partial charge on any atom is 0.267 e. The van der Waals surface area contributed by atoms with E-state index in [2.05, 4.69) is 5.32 Å². The minimum atomic E-state index is -3.69. The van der Waals surface area contributed by atoms with Gasteiger partial charge >= 0.3 is 0 Å². The van der Waals surface area contributed by atoms with E-state index in [1.807, 2.05) is 6.92 Å². The van der Waals surface area contributed by atoms with E-state index in [1.165, 1.54) is 18.5 Å². The predicted octanol–water partition coefficient (Wildman–Crippen LogP) is 1.94. The van der Waals surface area contributed by atoms with Gasteiger partial charge < -0.3 is 10.1 Å². The van der Waals surface area contributed by atoms with Gasteiger partial charge in [-0.15, -0.1) is 0 Å². The molecule has 1 fully saturated rings. The van der Waals surface area contributed by atoms with Crippen LogP contribution in [0.1, 0.15) is 28.8 Å². The fraction of sp³-hybridized carbons (Fsp3) is 0.353. The molecule has 0 aliphatic carbocycles. The Hall–Kier alpha value is -2.12. The van der Waals surface area contributed by atoms with Crippen molar-refractivity contribution >= 4 is 15.9 Å². The number of aromatic nitrogens is 1. The molecule has 0 saturated carbocycles. The van der Waals surface area contributed by atoms with Crippen molar-refractivity contribution in [3.8, 4) is 0 Å². The molecule has 6 nitrogen and oxygen atoms in total. The number of rotatable bonds is 5. The van der Waals surface area contributed by atoms with Crippen LogP contribution in [0.3, 0.4) is 0 Å². The fourth-order valence-electron chi connectivity index (χ4n) is 2.61. The summed E-state index contributed by atoms with van der Waals surface area (Å²) in [4.78, 5) is 12.3. The van der Waals surface area contributed by atoms with E-state index in [0.29, 0.717) is 12.1 Å². The topological polar surface area (TPSA) is 77.4 Å². The van der Waals surface area contributed by atoms with Crippen LogP contribution in [0.25, 0.3) is 0 Å². The third-order valence-corrected chi connectivity index (χ3v) is 5.69. The summed E-state index contributed by atoms with van der Waals surface area (Å²) in [5, 5.41) is 2.78. The van der Waals surface area contributed by atoms with Crippen LogP contribution in [0.2, 0.25) is 0 Å². The maximum atomic E-state index is 12.6. The van der Waals surface area contributed by atoms with Crippen molar-refractivity contribution in [1.82, 2.24) is 9.29 Å². The molecule has 0 spiro atoms. The normalized spacial score (nSPS) is 17.8. The van der Waals surface area contributed by atoms with Gasteiger partial charge in [-0.3, -0.25) is 4.79 Å². The Morgan fingerprint density at radius 2 is 2.04 bits per heavy atom. The molecule has 1 aliphatic rings. The van der Waals surface area contributed by atoms with E-state index in [4.69, 9.17) is 4.74 Å². The molecule has 1 atom stereocenters. The Morgan fingerprint density at radius 3 is 2.71 bits per heavy atom. The van der Waals surface area contributed by atoms with Crippen LogP contribution < -0.4 is 5.32 Å². The summed E-state index contributed by atoms with van der Waals surface area (Å²) in [6.45, 7) is 3.06. The van der Waals surface area contributed by atoms with Crippen molar-refractivity contribution in [3.63, 3.8) is 0 Å². The molecule has 128 valence electrons. The van der Waals surface area contributed by atoms with Gasteiger partial charge in [-0.2, -0.15) is 0 Å². The Bertz CT molecular complexity index is 819. The molecule has 1 N–H and O–H groups in total. The third kappa shape index (κ3) is 3.52. The second kappa shape index (κ2) is 6.78. The number of hydrogen-bond donors (Lipinski definition) is 1. The van der Waals surface area contributed by atoms with Gasteiger partial charge in [-0.25, -0.2) is 12.4 Å². The van der Waals surface area contributed by atoms with Crippen LogP contribution in [0.5, 0.6) is 0 Å². The van der Waals surface area contributed by atoms with Crippen LogP contribution >= 0.6 is 0 Å². The lowest BCUT2D eigenvalue weighted by Gasteiger charge is -2.10. The highest BCUT2D eigenvalue weighted by Gasteiger charge is 2.20. The Kier molecular flexibility index (Phi) is 4.73. The van der Waals surface area contributed by atoms with E-state index in [9.17, 15) is 13.2 Å². The molecule has 1 aromatic heterocycles. The molecule has 0 radical (unpaired) electrons. The molecule has 1 aromatic carbocycles. The summed E-state index contributed by atoms with van der Waals surface area (Å²) in [7, 11) is -3.69. The van der Waals surface area contributed by atoms with Crippen molar-refractivity contribution in [2.45, 2.75) is 30.8 Å². The molecule has 2 heterocycles. The van der Waals surface area contributed by atoms with Gasteiger partial charge in [0.05, 0.1) is 16.6 Å². The van der Waals surface area contributed by atoms with Crippen molar-refractivity contribution in [1.29, 1.82) is 0 Å². The van der Waals surface area contributed by atoms with Crippen LogP contribution in [0, 0.1) is 6.92 Å². The Morgan fingerprint density at radius 1 is 1.29 bits per heavy atom. The molecule has 1 aliphatic heterocycles. The molecule has 1 amide bonds. The summed E-state index contributed by atoms with van der Waals surface area (Å²) < 4.78 is 31.6. The van der Waals surface area contributed by atoms with Gasteiger partial charge in [0.15, 0.2) is 0 Å². The zero-order valence-corrected chi connectivity index (χ0v) is 14.3. The molecule has 0 bridgehead atoms. The molecule has 3 rings (SSSR count). The smallest absolute Gasteiger partial charge is 0.267 e. The van der Waals surface area contributed by atoms with Gasteiger partial charge in [0.2, 0.25) is 0 Å². The monoisotopic (exact) mass is 348 g/mol. The summed E-state index contributed by atoms with van der Waals surface area (Å²) in [5.74, 6) is -0.302. The van der Waals surface area contributed by atoms with E-state index in [1.54, 1.807) is 24.3 Å². The molecule has 1 saturated heterocycles. The SMILES string of the molecule is Cc1ccc(S(=O)(=O)n2ccc(C(=O)NC[C@@H]3CCCO3)c2)cc1. The van der Waals surface area contributed by atoms with Crippen molar-refractivity contribution in [2.75, 3.05) is 13.2 Å². The highest BCUT2D eigenvalue weighted by atomic mass is 32.2. The van der Waals surface area contributed by atoms with Crippen LogP contribution in [-0.2, 0) is 14.8 Å². The number of benzene rings is 1. The molecule has 2 aromatic rings. The lowest BCUT2D eigenvalue weighted by atomic mass is 10.2. The van der Waals surface area contributed by atoms with Crippen LogP contribution in [0.4, 0.5) is 0 Å². The first-order valence-corrected chi connectivity index (χ1v) is 9.31.